The summed E-state index contributed by atoms with van der Waals surface area (Å²) in [6, 6.07) is 18.6. The highest BCUT2D eigenvalue weighted by Gasteiger charge is 2.39. The quantitative estimate of drug-likeness (QED) is 0.242. The molecule has 0 atom stereocenters. The van der Waals surface area contributed by atoms with E-state index < -0.39 is 14.4 Å². The Kier molecular flexibility index (Phi) is 9.18. The summed E-state index contributed by atoms with van der Waals surface area (Å²) in [7, 11) is 2.49. The summed E-state index contributed by atoms with van der Waals surface area (Å²) in [5.41, 5.74) is 3.28. The summed E-state index contributed by atoms with van der Waals surface area (Å²) < 4.78 is 49.6. The van der Waals surface area contributed by atoms with E-state index in [9.17, 15) is 13.2 Å². The number of nitrogens with one attached hydrogen (secondary N) is 1. The van der Waals surface area contributed by atoms with Crippen molar-refractivity contribution >= 4 is 24.3 Å². The first-order valence-electron chi connectivity index (χ1n) is 14.3. The van der Waals surface area contributed by atoms with Crippen molar-refractivity contribution in [1.82, 2.24) is 9.88 Å². The SMILES string of the molecule is CC[Si](CC)(CC)c1[nH]c2ccc(OC(F)(F)F)cc2c1COCC1CCC(c2ccccc2)(N(C)C)CC1. The minimum atomic E-state index is -4.72. The Balaban J connectivity index is 1.53. The fourth-order valence-corrected chi connectivity index (χ4v) is 10.5. The van der Waals surface area contributed by atoms with Gasteiger partial charge in [-0.3, -0.25) is 4.90 Å². The van der Waals surface area contributed by atoms with Gasteiger partial charge in [0.2, 0.25) is 0 Å². The van der Waals surface area contributed by atoms with Gasteiger partial charge >= 0.3 is 6.36 Å². The summed E-state index contributed by atoms with van der Waals surface area (Å²) in [4.78, 5) is 5.98. The zero-order chi connectivity index (χ0) is 28.3. The van der Waals surface area contributed by atoms with Crippen LogP contribution in [0.5, 0.6) is 5.75 Å². The maximum absolute atomic E-state index is 13.0. The Bertz CT molecular complexity index is 1210. The van der Waals surface area contributed by atoms with Gasteiger partial charge in [0.05, 0.1) is 6.61 Å². The first-order valence-corrected chi connectivity index (χ1v) is 16.9. The molecule has 0 spiro atoms. The van der Waals surface area contributed by atoms with Crippen LogP contribution >= 0.6 is 0 Å². The molecule has 2 aromatic carbocycles. The molecular weight excluding hydrogens is 517 g/mol. The number of rotatable bonds is 11. The highest BCUT2D eigenvalue weighted by molar-refractivity contribution is 6.91. The van der Waals surface area contributed by atoms with Crippen LogP contribution in [-0.2, 0) is 16.9 Å². The Morgan fingerprint density at radius 2 is 1.62 bits per heavy atom. The van der Waals surface area contributed by atoms with E-state index in [4.69, 9.17) is 4.74 Å². The molecule has 1 fully saturated rings. The summed E-state index contributed by atoms with van der Waals surface area (Å²) in [5, 5.41) is 1.99. The number of fused-ring (bicyclic) bond motifs is 1. The van der Waals surface area contributed by atoms with Crippen LogP contribution in [0.15, 0.2) is 48.5 Å². The topological polar surface area (TPSA) is 37.5 Å². The molecule has 3 aromatic rings. The molecule has 0 saturated heterocycles. The molecule has 214 valence electrons. The molecule has 1 saturated carbocycles. The Hall–Kier alpha value is -2.29. The molecule has 0 amide bonds. The van der Waals surface area contributed by atoms with Gasteiger partial charge in [0.15, 0.2) is 0 Å². The van der Waals surface area contributed by atoms with Crippen molar-refractivity contribution in [3.8, 4) is 5.75 Å². The smallest absolute Gasteiger partial charge is 0.406 e. The van der Waals surface area contributed by atoms with Crippen LogP contribution in [0, 0.1) is 5.92 Å². The first-order chi connectivity index (χ1) is 18.6. The number of halogens is 3. The molecule has 1 N–H and O–H groups in total. The number of nitrogens with zero attached hydrogens (tertiary/aromatic N) is 1. The molecule has 8 heteroatoms. The molecule has 1 aliphatic rings. The average Bonchev–Trinajstić information content (AvgIpc) is 3.28. The maximum Gasteiger partial charge on any atom is 0.573 e. The molecule has 0 unspecified atom stereocenters. The van der Waals surface area contributed by atoms with E-state index >= 15 is 0 Å². The molecule has 0 radical (unpaired) electrons. The van der Waals surface area contributed by atoms with Crippen LogP contribution in [0.4, 0.5) is 13.2 Å². The van der Waals surface area contributed by atoms with Gasteiger partial charge in [-0.15, -0.1) is 13.2 Å². The third-order valence-corrected chi connectivity index (χ3v) is 14.9. The zero-order valence-electron chi connectivity index (χ0n) is 24.0. The molecule has 4 nitrogen and oxygen atoms in total. The molecule has 0 aliphatic heterocycles. The zero-order valence-corrected chi connectivity index (χ0v) is 25.0. The van der Waals surface area contributed by atoms with Crippen molar-refractivity contribution in [2.45, 2.75) is 83.1 Å². The highest BCUT2D eigenvalue weighted by atomic mass is 28.3. The predicted octanol–water partition coefficient (Wildman–Crippen LogP) is 7.95. The lowest BCUT2D eigenvalue weighted by atomic mass is 9.72. The second-order valence-electron chi connectivity index (χ2n) is 11.3. The third kappa shape index (κ3) is 6.23. The minimum absolute atomic E-state index is 0.0469. The van der Waals surface area contributed by atoms with Gasteiger partial charge < -0.3 is 14.5 Å². The number of hydrogen-bond donors (Lipinski definition) is 1. The van der Waals surface area contributed by atoms with E-state index in [1.165, 1.54) is 23.0 Å². The van der Waals surface area contributed by atoms with Crippen LogP contribution in [0.3, 0.4) is 0 Å². The number of ether oxygens (including phenoxy) is 2. The van der Waals surface area contributed by atoms with E-state index in [2.05, 4.69) is 79.8 Å². The number of H-pyrrole nitrogens is 1. The second kappa shape index (κ2) is 12.1. The van der Waals surface area contributed by atoms with E-state index in [1.807, 2.05) is 0 Å². The van der Waals surface area contributed by atoms with E-state index in [-0.39, 0.29) is 11.3 Å². The van der Waals surface area contributed by atoms with Crippen molar-refractivity contribution in [3.63, 3.8) is 0 Å². The van der Waals surface area contributed by atoms with Gasteiger partial charge in [-0.05, 0) is 69.5 Å². The summed E-state index contributed by atoms with van der Waals surface area (Å²) in [5.74, 6) is 0.275. The summed E-state index contributed by atoms with van der Waals surface area (Å²) in [6.45, 7) is 7.76. The number of alkyl halides is 3. The van der Waals surface area contributed by atoms with Crippen molar-refractivity contribution in [2.75, 3.05) is 20.7 Å². The van der Waals surface area contributed by atoms with E-state index in [1.54, 1.807) is 6.07 Å². The highest BCUT2D eigenvalue weighted by Crippen LogP contribution is 2.43. The Labute approximate surface area is 231 Å². The second-order valence-corrected chi connectivity index (χ2v) is 16.5. The number of aromatic amines is 1. The fraction of sp³-hybridized carbons (Fsp3) is 0.548. The van der Waals surface area contributed by atoms with E-state index in [0.29, 0.717) is 19.1 Å². The monoisotopic (exact) mass is 560 g/mol. The van der Waals surface area contributed by atoms with E-state index in [0.717, 1.165) is 60.3 Å². The van der Waals surface area contributed by atoms with Gasteiger partial charge in [-0.1, -0.05) is 69.2 Å². The molecule has 39 heavy (non-hydrogen) atoms. The molecule has 1 heterocycles. The van der Waals surface area contributed by atoms with Crippen LogP contribution in [-0.4, -0.2) is 45.0 Å². The molecule has 1 aliphatic carbocycles. The van der Waals surface area contributed by atoms with Crippen molar-refractivity contribution < 1.29 is 22.6 Å². The molecule has 4 rings (SSSR count). The normalized spacial score (nSPS) is 20.6. The maximum atomic E-state index is 13.0. The number of hydrogen-bond acceptors (Lipinski definition) is 3. The Morgan fingerprint density at radius 1 is 0.974 bits per heavy atom. The predicted molar refractivity (Wildman–Crippen MR) is 155 cm³/mol. The van der Waals surface area contributed by atoms with Crippen molar-refractivity contribution in [2.24, 2.45) is 5.92 Å². The lowest BCUT2D eigenvalue weighted by molar-refractivity contribution is -0.274. The molecular formula is C31H43F3N2O2Si. The largest absolute Gasteiger partial charge is 0.573 e. The number of benzene rings is 2. The van der Waals surface area contributed by atoms with Crippen LogP contribution in [0.2, 0.25) is 18.1 Å². The van der Waals surface area contributed by atoms with Gasteiger partial charge in [0.25, 0.3) is 0 Å². The fourth-order valence-electron chi connectivity index (χ4n) is 6.70. The lowest BCUT2D eigenvalue weighted by Crippen LogP contribution is -2.48. The first kappa shape index (κ1) is 29.7. The standard InChI is InChI=1S/C31H43F3N2O2Si/c1-6-39(7-2,8-3)29-27(26-20-25(38-31(32,33)34)14-15-28(26)35-29)22-37-21-23-16-18-30(19-17-23,36(4)5)24-12-10-9-11-13-24/h9-15,20,23,35H,6-8,16-19,21-22H2,1-5H3. The van der Waals surface area contributed by atoms with Gasteiger partial charge in [-0.25, -0.2) is 0 Å². The molecule has 0 bridgehead atoms. The van der Waals surface area contributed by atoms with Crippen LogP contribution in [0.1, 0.15) is 57.6 Å². The summed E-state index contributed by atoms with van der Waals surface area (Å²) >= 11 is 0. The van der Waals surface area contributed by atoms with Crippen molar-refractivity contribution in [1.29, 1.82) is 0 Å². The van der Waals surface area contributed by atoms with Gasteiger partial charge in [0.1, 0.15) is 13.8 Å². The van der Waals surface area contributed by atoms with Crippen molar-refractivity contribution in [3.05, 3.63) is 59.7 Å². The third-order valence-electron chi connectivity index (χ3n) is 9.37. The average molecular weight is 561 g/mol. The summed E-state index contributed by atoms with van der Waals surface area (Å²) in [6.07, 6.45) is -0.414. The van der Waals surface area contributed by atoms with Gasteiger partial charge in [0, 0.05) is 33.9 Å². The van der Waals surface area contributed by atoms with Crippen LogP contribution < -0.4 is 10.1 Å². The lowest BCUT2D eigenvalue weighted by Gasteiger charge is -2.45. The molecule has 1 aromatic heterocycles. The van der Waals surface area contributed by atoms with Crippen LogP contribution in [0.25, 0.3) is 10.9 Å². The Morgan fingerprint density at radius 3 is 2.18 bits per heavy atom. The minimum Gasteiger partial charge on any atom is -0.406 e. The van der Waals surface area contributed by atoms with Gasteiger partial charge in [-0.2, -0.15) is 0 Å². The number of aromatic nitrogens is 1.